The summed E-state index contributed by atoms with van der Waals surface area (Å²) in [6.07, 6.45) is 2.23. The molecular weight excluding hydrogens is 635 g/mol. The van der Waals surface area contributed by atoms with Crippen molar-refractivity contribution >= 4 is 23.4 Å². The van der Waals surface area contributed by atoms with Crippen molar-refractivity contribution in [3.63, 3.8) is 0 Å². The van der Waals surface area contributed by atoms with Gasteiger partial charge in [0.05, 0.1) is 18.7 Å². The Labute approximate surface area is 270 Å². The third kappa shape index (κ3) is 4.39. The minimum Gasteiger partial charge on any atom is -0.451 e. The second kappa shape index (κ2) is 10.9. The van der Waals surface area contributed by atoms with Crippen molar-refractivity contribution in [2.45, 2.75) is 50.2 Å². The standard InChI is InChI=1S/C34H28F3N3O6S/c1-44-33(43)46-17-45-30-23(41)12-14-39-29(30)32(42)38-13-6-2-3-9-24(38)40(39)28-19-7-4-5-8-20(19)31-25-18(16-47-31)15-34(36,37)27-22(35)11-10-21(28)26(25)27/h4-5,7-8,10-12,14,16,24,28H,2-3,6,9,13,15,17H2,1H3. The predicted molar refractivity (Wildman–Crippen MR) is 166 cm³/mol. The van der Waals surface area contributed by atoms with E-state index in [-0.39, 0.29) is 17.0 Å². The predicted octanol–water partition coefficient (Wildman–Crippen LogP) is 6.55. The summed E-state index contributed by atoms with van der Waals surface area (Å²) in [6, 6.07) is 10.7. The zero-order chi connectivity index (χ0) is 32.6. The molecule has 8 rings (SSSR count). The van der Waals surface area contributed by atoms with Gasteiger partial charge in [-0.1, -0.05) is 36.8 Å². The first kappa shape index (κ1) is 29.6. The number of amides is 1. The van der Waals surface area contributed by atoms with Crippen molar-refractivity contribution in [2.75, 3.05) is 25.5 Å². The van der Waals surface area contributed by atoms with Gasteiger partial charge in [0.15, 0.2) is 5.69 Å². The summed E-state index contributed by atoms with van der Waals surface area (Å²) < 4.78 is 63.9. The van der Waals surface area contributed by atoms with E-state index in [1.807, 2.05) is 29.3 Å². The Morgan fingerprint density at radius 1 is 1.04 bits per heavy atom. The molecule has 0 bridgehead atoms. The topological polar surface area (TPSA) is 90.3 Å². The maximum atomic E-state index is 15.9. The SMILES string of the molecule is COC(=O)OCOc1c2n(ccc1=O)N(C1c3ccccc3-c3scc4c3-c3c1ccc(F)c3C(F)(F)C4)C1CCCCCN1C2=O. The van der Waals surface area contributed by atoms with Crippen LogP contribution in [-0.2, 0) is 21.8 Å². The summed E-state index contributed by atoms with van der Waals surface area (Å²) >= 11 is 1.36. The molecule has 2 unspecified atom stereocenters. The van der Waals surface area contributed by atoms with E-state index in [1.165, 1.54) is 23.6 Å². The number of benzene rings is 2. The maximum Gasteiger partial charge on any atom is 0.510 e. The van der Waals surface area contributed by atoms with E-state index in [0.717, 1.165) is 48.4 Å². The fraction of sp³-hybridized carbons (Fsp3) is 0.324. The average Bonchev–Trinajstić information content (AvgIpc) is 3.23. The van der Waals surface area contributed by atoms with Crippen LogP contribution in [0.5, 0.6) is 5.75 Å². The number of fused-ring (bicyclic) bond motifs is 4. The molecule has 4 heterocycles. The molecule has 0 spiro atoms. The lowest BCUT2D eigenvalue weighted by atomic mass is 9.80. The Kier molecular flexibility index (Phi) is 6.87. The largest absolute Gasteiger partial charge is 0.510 e. The molecular formula is C34H28F3N3O6S. The Bertz CT molecular complexity index is 2030. The average molecular weight is 664 g/mol. The van der Waals surface area contributed by atoms with E-state index in [2.05, 4.69) is 4.74 Å². The van der Waals surface area contributed by atoms with Gasteiger partial charge in [0, 0.05) is 41.2 Å². The number of aromatic nitrogens is 1. The first-order valence-electron chi connectivity index (χ1n) is 15.3. The molecule has 2 aromatic carbocycles. The number of carbonyl (C=O) groups excluding carboxylic acids is 2. The van der Waals surface area contributed by atoms with Crippen LogP contribution in [-0.4, -0.2) is 48.3 Å². The Morgan fingerprint density at radius 2 is 1.87 bits per heavy atom. The molecule has 2 aliphatic heterocycles. The van der Waals surface area contributed by atoms with Gasteiger partial charge in [-0.2, -0.15) is 0 Å². The number of rotatable bonds is 4. The van der Waals surface area contributed by atoms with Gasteiger partial charge in [-0.25, -0.2) is 18.0 Å². The highest BCUT2D eigenvalue weighted by molar-refractivity contribution is 7.14. The van der Waals surface area contributed by atoms with E-state index >= 15 is 13.2 Å². The van der Waals surface area contributed by atoms with Crippen molar-refractivity contribution in [1.82, 2.24) is 9.58 Å². The Morgan fingerprint density at radius 3 is 2.70 bits per heavy atom. The molecule has 0 saturated carbocycles. The molecule has 2 aliphatic carbocycles. The van der Waals surface area contributed by atoms with Gasteiger partial charge in [0.2, 0.25) is 18.0 Å². The third-order valence-electron chi connectivity index (χ3n) is 9.46. The van der Waals surface area contributed by atoms with Gasteiger partial charge in [-0.3, -0.25) is 19.3 Å². The highest BCUT2D eigenvalue weighted by atomic mass is 32.1. The fourth-order valence-corrected chi connectivity index (χ4v) is 8.70. The number of hydrogen-bond donors (Lipinski definition) is 0. The minimum absolute atomic E-state index is 0.0948. The number of thiophene rings is 1. The molecule has 4 aromatic rings. The van der Waals surface area contributed by atoms with Gasteiger partial charge in [-0.05, 0) is 53.0 Å². The van der Waals surface area contributed by atoms with Crippen LogP contribution >= 0.6 is 11.3 Å². The van der Waals surface area contributed by atoms with Gasteiger partial charge < -0.3 is 19.1 Å². The monoisotopic (exact) mass is 663 g/mol. The zero-order valence-electron chi connectivity index (χ0n) is 25.1. The molecule has 1 saturated heterocycles. The molecule has 47 heavy (non-hydrogen) atoms. The molecule has 0 radical (unpaired) electrons. The van der Waals surface area contributed by atoms with Crippen molar-refractivity contribution in [2.24, 2.45) is 0 Å². The molecule has 9 nitrogen and oxygen atoms in total. The lowest BCUT2D eigenvalue weighted by Gasteiger charge is -2.50. The van der Waals surface area contributed by atoms with Gasteiger partial charge in [-0.15, -0.1) is 11.3 Å². The third-order valence-corrected chi connectivity index (χ3v) is 10.5. The summed E-state index contributed by atoms with van der Waals surface area (Å²) in [7, 11) is 1.12. The number of carbonyl (C=O) groups is 2. The zero-order valence-corrected chi connectivity index (χ0v) is 26.0. The van der Waals surface area contributed by atoms with E-state index in [1.54, 1.807) is 21.0 Å². The fourth-order valence-electron chi connectivity index (χ4n) is 7.58. The molecule has 1 fully saturated rings. The number of hydrogen-bond acceptors (Lipinski definition) is 8. The normalized spacial score (nSPS) is 20.2. The molecule has 2 atom stereocenters. The van der Waals surface area contributed by atoms with E-state index in [4.69, 9.17) is 9.47 Å². The second-order valence-electron chi connectivity index (χ2n) is 12.0. The van der Waals surface area contributed by atoms with Gasteiger partial charge in [0.25, 0.3) is 11.8 Å². The highest BCUT2D eigenvalue weighted by Gasteiger charge is 2.50. The molecule has 13 heteroatoms. The number of nitrogens with zero attached hydrogens (tertiary/aromatic N) is 3. The van der Waals surface area contributed by atoms with Crippen LogP contribution in [0.15, 0.2) is 58.8 Å². The lowest BCUT2D eigenvalue weighted by molar-refractivity contribution is -0.00827. The number of halogens is 3. The van der Waals surface area contributed by atoms with Crippen LogP contribution in [0.3, 0.4) is 0 Å². The van der Waals surface area contributed by atoms with Crippen LogP contribution in [0.1, 0.15) is 64.5 Å². The number of methoxy groups -OCH3 is 1. The summed E-state index contributed by atoms with van der Waals surface area (Å²) in [5, 5.41) is 3.67. The molecule has 4 aliphatic rings. The van der Waals surface area contributed by atoms with Gasteiger partial charge in [0.1, 0.15) is 12.0 Å². The van der Waals surface area contributed by atoms with E-state index < -0.39 is 60.2 Å². The quantitative estimate of drug-likeness (QED) is 0.181. The molecule has 1 amide bonds. The van der Waals surface area contributed by atoms with Crippen LogP contribution < -0.4 is 15.2 Å². The van der Waals surface area contributed by atoms with Crippen molar-refractivity contribution in [3.8, 4) is 27.3 Å². The Balaban J connectivity index is 1.42. The first-order chi connectivity index (χ1) is 22.7. The van der Waals surface area contributed by atoms with Crippen molar-refractivity contribution in [1.29, 1.82) is 0 Å². The van der Waals surface area contributed by atoms with Gasteiger partial charge >= 0.3 is 6.16 Å². The number of pyridine rings is 1. The second-order valence-corrected chi connectivity index (χ2v) is 12.9. The van der Waals surface area contributed by atoms with Crippen molar-refractivity contribution < 1.29 is 37.0 Å². The van der Waals surface area contributed by atoms with Crippen LogP contribution in [0, 0.1) is 5.82 Å². The first-order valence-corrected chi connectivity index (χ1v) is 16.2. The maximum absolute atomic E-state index is 15.9. The summed E-state index contributed by atoms with van der Waals surface area (Å²) in [5.41, 5.74) is 1.95. The summed E-state index contributed by atoms with van der Waals surface area (Å²) in [6.45, 7) is -0.307. The highest BCUT2D eigenvalue weighted by Crippen LogP contribution is 2.58. The van der Waals surface area contributed by atoms with Crippen LogP contribution in [0.4, 0.5) is 18.0 Å². The number of alkyl halides is 2. The minimum atomic E-state index is -3.45. The van der Waals surface area contributed by atoms with Crippen molar-refractivity contribution in [3.05, 3.63) is 98.0 Å². The van der Waals surface area contributed by atoms with Crippen LogP contribution in [0.25, 0.3) is 21.6 Å². The number of ether oxygens (including phenoxy) is 3. The molecule has 2 aromatic heterocycles. The van der Waals surface area contributed by atoms with E-state index in [9.17, 15) is 14.4 Å². The van der Waals surface area contributed by atoms with Crippen LogP contribution in [0.2, 0.25) is 0 Å². The Hall–Kier alpha value is -4.78. The van der Waals surface area contributed by atoms with E-state index in [0.29, 0.717) is 29.7 Å². The summed E-state index contributed by atoms with van der Waals surface area (Å²) in [5.74, 6) is -5.20. The molecule has 242 valence electrons. The molecule has 0 N–H and O–H groups in total. The summed E-state index contributed by atoms with van der Waals surface area (Å²) in [4.78, 5) is 41.6. The smallest absolute Gasteiger partial charge is 0.451 e. The lowest BCUT2D eigenvalue weighted by Crippen LogP contribution is -2.62.